The van der Waals surface area contributed by atoms with Crippen molar-refractivity contribution in [3.8, 4) is 0 Å². The van der Waals surface area contributed by atoms with Crippen LogP contribution in [-0.4, -0.2) is 16.1 Å². The maximum atomic E-state index is 10.9. The molecule has 0 aromatic heterocycles. The van der Waals surface area contributed by atoms with Crippen LogP contribution >= 0.6 is 0 Å². The summed E-state index contributed by atoms with van der Waals surface area (Å²) in [5, 5.41) is 23.0. The highest BCUT2D eigenvalue weighted by atomic mass is 16.6. The minimum atomic E-state index is -0.517. The van der Waals surface area contributed by atoms with E-state index in [2.05, 4.69) is 4.99 Å². The number of nitro benzene ring substituents is 2. The molecule has 1 aliphatic rings. The Morgan fingerprint density at radius 2 is 1.63 bits per heavy atom. The average molecular weight is 257 g/mol. The number of nitro groups is 2. The first-order chi connectivity index (χ1) is 9.06. The van der Waals surface area contributed by atoms with Crippen LogP contribution < -0.4 is 0 Å². The number of benzene rings is 2. The molecule has 3 rings (SSSR count). The predicted molar refractivity (Wildman–Crippen MR) is 68.6 cm³/mol. The van der Waals surface area contributed by atoms with Crippen LogP contribution in [0.5, 0.6) is 0 Å². The van der Waals surface area contributed by atoms with Crippen molar-refractivity contribution in [1.82, 2.24) is 0 Å². The van der Waals surface area contributed by atoms with E-state index in [1.807, 2.05) is 0 Å². The Morgan fingerprint density at radius 1 is 1.00 bits per heavy atom. The topological polar surface area (TPSA) is 98.6 Å². The Bertz CT molecular complexity index is 762. The molecule has 0 atom stereocenters. The molecule has 2 aromatic carbocycles. The number of hydrogen-bond donors (Lipinski definition) is 0. The zero-order valence-corrected chi connectivity index (χ0v) is 9.57. The molecule has 94 valence electrons. The molecule has 0 unspecified atom stereocenters. The summed E-state index contributed by atoms with van der Waals surface area (Å²) in [6, 6.07) is 5.61. The molecule has 7 nitrogen and oxygen atoms in total. The normalized spacial score (nSPS) is 12.6. The molecule has 1 aliphatic heterocycles. The van der Waals surface area contributed by atoms with Gasteiger partial charge in [-0.25, -0.2) is 0 Å². The Hall–Kier alpha value is -2.83. The van der Waals surface area contributed by atoms with Crippen LogP contribution in [0.4, 0.5) is 11.4 Å². The molecule has 2 aromatic rings. The van der Waals surface area contributed by atoms with E-state index in [0.29, 0.717) is 17.5 Å². The lowest BCUT2D eigenvalue weighted by molar-refractivity contribution is -0.385. The number of aliphatic imine (C=N–C) groups is 1. The van der Waals surface area contributed by atoms with Crippen molar-refractivity contribution in [3.63, 3.8) is 0 Å². The summed E-state index contributed by atoms with van der Waals surface area (Å²) < 4.78 is 0. The van der Waals surface area contributed by atoms with Crippen LogP contribution in [0.25, 0.3) is 10.8 Å². The van der Waals surface area contributed by atoms with E-state index in [1.54, 1.807) is 6.21 Å². The molecule has 0 bridgehead atoms. The Balaban J connectivity index is 2.40. The summed E-state index contributed by atoms with van der Waals surface area (Å²) >= 11 is 0. The van der Waals surface area contributed by atoms with Gasteiger partial charge in [-0.05, 0) is 16.3 Å². The van der Waals surface area contributed by atoms with Crippen molar-refractivity contribution < 1.29 is 9.85 Å². The van der Waals surface area contributed by atoms with Crippen LogP contribution in [0, 0.1) is 20.2 Å². The van der Waals surface area contributed by atoms with Crippen molar-refractivity contribution in [2.75, 3.05) is 0 Å². The molecule has 19 heavy (non-hydrogen) atoms. The van der Waals surface area contributed by atoms with Crippen molar-refractivity contribution >= 4 is 28.4 Å². The first-order valence-electron chi connectivity index (χ1n) is 5.45. The average Bonchev–Trinajstić information content (AvgIpc) is 2.38. The zero-order chi connectivity index (χ0) is 13.6. The summed E-state index contributed by atoms with van der Waals surface area (Å²) in [4.78, 5) is 24.8. The molecular formula is C12H7N3O4. The monoisotopic (exact) mass is 257 g/mol. The summed E-state index contributed by atoms with van der Waals surface area (Å²) in [6.45, 7) is 0.350. The number of rotatable bonds is 2. The SMILES string of the molecule is O=[N+]([O-])c1cc2c3c(cc([N+](=O)[O-])cc3c1)CN=C2. The predicted octanol–water partition coefficient (Wildman–Crippen LogP) is 2.59. The van der Waals surface area contributed by atoms with E-state index in [9.17, 15) is 20.2 Å². The third kappa shape index (κ3) is 1.71. The number of hydrogen-bond acceptors (Lipinski definition) is 5. The molecule has 7 heteroatoms. The molecular weight excluding hydrogens is 250 g/mol. The fourth-order valence-corrected chi connectivity index (χ4v) is 2.29. The molecule has 0 N–H and O–H groups in total. The minimum Gasteiger partial charge on any atom is -0.288 e. The molecule has 0 saturated carbocycles. The van der Waals surface area contributed by atoms with Crippen molar-refractivity contribution in [1.29, 1.82) is 0 Å². The third-order valence-electron chi connectivity index (χ3n) is 3.04. The number of non-ortho nitro benzene ring substituents is 2. The van der Waals surface area contributed by atoms with Gasteiger partial charge in [-0.2, -0.15) is 0 Å². The smallest absolute Gasteiger partial charge is 0.270 e. The van der Waals surface area contributed by atoms with Gasteiger partial charge in [0, 0.05) is 36.0 Å². The van der Waals surface area contributed by atoms with Gasteiger partial charge in [0.15, 0.2) is 0 Å². The molecule has 0 radical (unpaired) electrons. The largest absolute Gasteiger partial charge is 0.288 e. The van der Waals surface area contributed by atoms with Gasteiger partial charge in [-0.15, -0.1) is 0 Å². The van der Waals surface area contributed by atoms with Gasteiger partial charge in [-0.3, -0.25) is 25.2 Å². The lowest BCUT2D eigenvalue weighted by Gasteiger charge is -2.11. The van der Waals surface area contributed by atoms with Crippen LogP contribution in [0.3, 0.4) is 0 Å². The highest BCUT2D eigenvalue weighted by Gasteiger charge is 2.19. The quantitative estimate of drug-likeness (QED) is 0.609. The molecule has 0 saturated heterocycles. The van der Waals surface area contributed by atoms with Crippen LogP contribution in [-0.2, 0) is 6.54 Å². The summed E-state index contributed by atoms with van der Waals surface area (Å²) in [6.07, 6.45) is 1.56. The van der Waals surface area contributed by atoms with Gasteiger partial charge < -0.3 is 0 Å². The number of nitrogens with zero attached hydrogens (tertiary/aromatic N) is 3. The second kappa shape index (κ2) is 3.84. The Labute approximate surface area is 106 Å². The van der Waals surface area contributed by atoms with Gasteiger partial charge in [0.05, 0.1) is 16.4 Å². The van der Waals surface area contributed by atoms with E-state index in [0.717, 1.165) is 10.9 Å². The van der Waals surface area contributed by atoms with Gasteiger partial charge in [0.1, 0.15) is 0 Å². The fourth-order valence-electron chi connectivity index (χ4n) is 2.29. The second-order valence-corrected chi connectivity index (χ2v) is 4.22. The summed E-state index contributed by atoms with van der Waals surface area (Å²) in [7, 11) is 0. The fraction of sp³-hybridized carbons (Fsp3) is 0.0833. The van der Waals surface area contributed by atoms with E-state index < -0.39 is 9.85 Å². The third-order valence-corrected chi connectivity index (χ3v) is 3.04. The lowest BCUT2D eigenvalue weighted by atomic mass is 9.96. The Morgan fingerprint density at radius 3 is 2.26 bits per heavy atom. The van der Waals surface area contributed by atoms with E-state index in [1.165, 1.54) is 24.3 Å². The van der Waals surface area contributed by atoms with Gasteiger partial charge in [0.25, 0.3) is 11.4 Å². The molecule has 0 amide bonds. The van der Waals surface area contributed by atoms with Crippen molar-refractivity contribution in [3.05, 3.63) is 55.6 Å². The second-order valence-electron chi connectivity index (χ2n) is 4.22. The summed E-state index contributed by atoms with van der Waals surface area (Å²) in [5.74, 6) is 0. The van der Waals surface area contributed by atoms with Crippen LogP contribution in [0.2, 0.25) is 0 Å². The maximum absolute atomic E-state index is 10.9. The standard InChI is InChI=1S/C12H7N3O4/c16-14(17)10-1-7-2-11(15(18)19)4-9-6-13-5-8(3-10)12(7)9/h1-5H,6H2. The molecule has 1 heterocycles. The van der Waals surface area contributed by atoms with Gasteiger partial charge in [-0.1, -0.05) is 0 Å². The minimum absolute atomic E-state index is 0.0777. The zero-order valence-electron chi connectivity index (χ0n) is 9.57. The van der Waals surface area contributed by atoms with E-state index in [4.69, 9.17) is 0 Å². The van der Waals surface area contributed by atoms with Gasteiger partial charge in [0.2, 0.25) is 0 Å². The van der Waals surface area contributed by atoms with Crippen molar-refractivity contribution in [2.45, 2.75) is 6.54 Å². The first-order valence-corrected chi connectivity index (χ1v) is 5.45. The molecule has 0 aliphatic carbocycles. The molecule has 0 spiro atoms. The lowest BCUT2D eigenvalue weighted by Crippen LogP contribution is -2.01. The van der Waals surface area contributed by atoms with Gasteiger partial charge >= 0.3 is 0 Å². The van der Waals surface area contributed by atoms with E-state index in [-0.39, 0.29) is 11.4 Å². The highest BCUT2D eigenvalue weighted by molar-refractivity contribution is 6.05. The van der Waals surface area contributed by atoms with Crippen molar-refractivity contribution in [2.24, 2.45) is 4.99 Å². The maximum Gasteiger partial charge on any atom is 0.270 e. The molecule has 0 fully saturated rings. The summed E-state index contributed by atoms with van der Waals surface area (Å²) in [5.41, 5.74) is 1.17. The highest BCUT2D eigenvalue weighted by Crippen LogP contribution is 2.33. The Kier molecular flexibility index (Phi) is 2.28. The van der Waals surface area contributed by atoms with Crippen LogP contribution in [0.1, 0.15) is 11.1 Å². The van der Waals surface area contributed by atoms with Crippen LogP contribution in [0.15, 0.2) is 29.3 Å². The van der Waals surface area contributed by atoms with E-state index >= 15 is 0 Å². The first kappa shape index (κ1) is 11.3.